The first-order chi connectivity index (χ1) is 7.09. The van der Waals surface area contributed by atoms with Crippen LogP contribution in [0.25, 0.3) is 0 Å². The molecule has 0 radical (unpaired) electrons. The molecule has 0 aliphatic carbocycles. The van der Waals surface area contributed by atoms with Crippen LogP contribution in [0.1, 0.15) is 12.5 Å². The SMILES string of the molecule is CC(O)[C@@H]1COc2c(F)ccc(F)c2C1. The molecular formula is C11H12F2O2. The Hall–Kier alpha value is -1.16. The van der Waals surface area contributed by atoms with Gasteiger partial charge in [-0.15, -0.1) is 0 Å². The third-order valence-corrected chi connectivity index (χ3v) is 2.75. The second kappa shape index (κ2) is 3.77. The van der Waals surface area contributed by atoms with Gasteiger partial charge in [0.1, 0.15) is 5.82 Å². The second-order valence-electron chi connectivity index (χ2n) is 3.85. The van der Waals surface area contributed by atoms with Gasteiger partial charge in [0.15, 0.2) is 11.6 Å². The van der Waals surface area contributed by atoms with E-state index in [1.54, 1.807) is 6.92 Å². The summed E-state index contributed by atoms with van der Waals surface area (Å²) in [7, 11) is 0. The van der Waals surface area contributed by atoms with Crippen molar-refractivity contribution in [1.82, 2.24) is 0 Å². The maximum atomic E-state index is 13.4. The number of benzene rings is 1. The molecule has 2 atom stereocenters. The average Bonchev–Trinajstić information content (AvgIpc) is 2.23. The molecule has 0 bridgehead atoms. The van der Waals surface area contributed by atoms with Gasteiger partial charge in [0, 0.05) is 11.5 Å². The monoisotopic (exact) mass is 214 g/mol. The van der Waals surface area contributed by atoms with Gasteiger partial charge >= 0.3 is 0 Å². The van der Waals surface area contributed by atoms with Crippen LogP contribution < -0.4 is 4.74 Å². The molecule has 1 unspecified atom stereocenters. The first-order valence-electron chi connectivity index (χ1n) is 4.87. The minimum absolute atomic E-state index is 0.00750. The highest BCUT2D eigenvalue weighted by atomic mass is 19.1. The van der Waals surface area contributed by atoms with Crippen molar-refractivity contribution in [3.05, 3.63) is 29.3 Å². The molecule has 15 heavy (non-hydrogen) atoms. The van der Waals surface area contributed by atoms with Crippen molar-refractivity contribution in [1.29, 1.82) is 0 Å². The van der Waals surface area contributed by atoms with Crippen LogP contribution in [-0.2, 0) is 6.42 Å². The summed E-state index contributed by atoms with van der Waals surface area (Å²) in [4.78, 5) is 0. The zero-order valence-corrected chi connectivity index (χ0v) is 8.34. The minimum atomic E-state index is -0.583. The predicted octanol–water partition coefficient (Wildman–Crippen LogP) is 1.90. The van der Waals surface area contributed by atoms with E-state index in [2.05, 4.69) is 0 Å². The number of hydrogen-bond acceptors (Lipinski definition) is 2. The molecule has 0 amide bonds. The van der Waals surface area contributed by atoms with Crippen LogP contribution in [0.5, 0.6) is 5.75 Å². The largest absolute Gasteiger partial charge is 0.490 e. The molecule has 0 fully saturated rings. The summed E-state index contributed by atoms with van der Waals surface area (Å²) in [5.41, 5.74) is 0.229. The summed E-state index contributed by atoms with van der Waals surface area (Å²) < 4.78 is 31.7. The van der Waals surface area contributed by atoms with Gasteiger partial charge in [-0.3, -0.25) is 0 Å². The quantitative estimate of drug-likeness (QED) is 0.773. The summed E-state index contributed by atoms with van der Waals surface area (Å²) in [5.74, 6) is -1.20. The first-order valence-corrected chi connectivity index (χ1v) is 4.87. The van der Waals surface area contributed by atoms with E-state index in [4.69, 9.17) is 4.74 Å². The molecule has 1 aromatic carbocycles. The molecule has 4 heteroatoms. The van der Waals surface area contributed by atoms with E-state index >= 15 is 0 Å². The van der Waals surface area contributed by atoms with Gasteiger partial charge in [-0.25, -0.2) is 8.78 Å². The molecule has 82 valence electrons. The van der Waals surface area contributed by atoms with E-state index in [-0.39, 0.29) is 23.8 Å². The Morgan fingerprint density at radius 1 is 1.40 bits per heavy atom. The zero-order valence-electron chi connectivity index (χ0n) is 8.34. The number of fused-ring (bicyclic) bond motifs is 1. The Morgan fingerprint density at radius 2 is 2.07 bits per heavy atom. The maximum Gasteiger partial charge on any atom is 0.165 e. The molecule has 1 N–H and O–H groups in total. The molecule has 0 aromatic heterocycles. The molecule has 1 aliphatic heterocycles. The highest BCUT2D eigenvalue weighted by Gasteiger charge is 2.27. The molecule has 0 saturated heterocycles. The van der Waals surface area contributed by atoms with Crippen LogP contribution in [0, 0.1) is 17.6 Å². The van der Waals surface area contributed by atoms with Gasteiger partial charge in [0.05, 0.1) is 12.7 Å². The van der Waals surface area contributed by atoms with Crippen LogP contribution in [-0.4, -0.2) is 17.8 Å². The van der Waals surface area contributed by atoms with Crippen molar-refractivity contribution < 1.29 is 18.6 Å². The lowest BCUT2D eigenvalue weighted by molar-refractivity contribution is 0.0752. The Bertz CT molecular complexity index is 377. The minimum Gasteiger partial charge on any atom is -0.490 e. The van der Waals surface area contributed by atoms with Crippen LogP contribution in [0.3, 0.4) is 0 Å². The number of rotatable bonds is 1. The third kappa shape index (κ3) is 1.81. The lowest BCUT2D eigenvalue weighted by Gasteiger charge is -2.27. The first kappa shape index (κ1) is 10.4. The summed E-state index contributed by atoms with van der Waals surface area (Å²) in [6.45, 7) is 1.85. The third-order valence-electron chi connectivity index (χ3n) is 2.75. The molecule has 1 heterocycles. The Balaban J connectivity index is 2.36. The molecule has 2 rings (SSSR count). The number of halogens is 2. The van der Waals surface area contributed by atoms with Crippen LogP contribution in [0.2, 0.25) is 0 Å². The van der Waals surface area contributed by atoms with E-state index in [0.29, 0.717) is 6.42 Å². The molecule has 1 aromatic rings. The van der Waals surface area contributed by atoms with E-state index < -0.39 is 17.7 Å². The number of aliphatic hydroxyl groups is 1. The summed E-state index contributed by atoms with van der Waals surface area (Å²) in [6, 6.07) is 2.14. The Morgan fingerprint density at radius 3 is 2.73 bits per heavy atom. The van der Waals surface area contributed by atoms with Crippen molar-refractivity contribution in [2.24, 2.45) is 5.92 Å². The van der Waals surface area contributed by atoms with Crippen molar-refractivity contribution in [2.45, 2.75) is 19.4 Å². The molecular weight excluding hydrogens is 202 g/mol. The normalized spacial score (nSPS) is 21.7. The van der Waals surface area contributed by atoms with E-state index in [9.17, 15) is 13.9 Å². The van der Waals surface area contributed by atoms with Crippen molar-refractivity contribution in [3.8, 4) is 5.75 Å². The molecule has 1 aliphatic rings. The fourth-order valence-corrected chi connectivity index (χ4v) is 1.74. The van der Waals surface area contributed by atoms with Crippen LogP contribution in [0.4, 0.5) is 8.78 Å². The van der Waals surface area contributed by atoms with E-state index in [0.717, 1.165) is 12.1 Å². The van der Waals surface area contributed by atoms with Crippen molar-refractivity contribution in [3.63, 3.8) is 0 Å². The van der Waals surface area contributed by atoms with Gasteiger partial charge in [0.2, 0.25) is 0 Å². The summed E-state index contributed by atoms with van der Waals surface area (Å²) in [5, 5.41) is 9.37. The Kier molecular flexibility index (Phi) is 2.61. The fraction of sp³-hybridized carbons (Fsp3) is 0.455. The highest BCUT2D eigenvalue weighted by molar-refractivity contribution is 5.38. The average molecular weight is 214 g/mol. The molecule has 2 nitrogen and oxygen atoms in total. The summed E-state index contributed by atoms with van der Waals surface area (Å²) in [6.07, 6.45) is -0.267. The standard InChI is InChI=1S/C11H12F2O2/c1-6(14)7-4-8-9(12)2-3-10(13)11(8)15-5-7/h2-3,6-7,14H,4-5H2,1H3/t6?,7-/m0/s1. The lowest BCUT2D eigenvalue weighted by Crippen LogP contribution is -2.30. The van der Waals surface area contributed by atoms with Crippen molar-refractivity contribution >= 4 is 0 Å². The maximum absolute atomic E-state index is 13.4. The topological polar surface area (TPSA) is 29.5 Å². The number of hydrogen-bond donors (Lipinski definition) is 1. The van der Waals surface area contributed by atoms with Gasteiger partial charge in [0.25, 0.3) is 0 Å². The second-order valence-corrected chi connectivity index (χ2v) is 3.85. The Labute approximate surface area is 86.5 Å². The van der Waals surface area contributed by atoms with Crippen LogP contribution in [0.15, 0.2) is 12.1 Å². The van der Waals surface area contributed by atoms with E-state index in [1.807, 2.05) is 0 Å². The highest BCUT2D eigenvalue weighted by Crippen LogP contribution is 2.32. The van der Waals surface area contributed by atoms with Crippen LogP contribution >= 0.6 is 0 Å². The van der Waals surface area contributed by atoms with Gasteiger partial charge in [-0.2, -0.15) is 0 Å². The molecule has 0 saturated carbocycles. The van der Waals surface area contributed by atoms with E-state index in [1.165, 1.54) is 0 Å². The number of aliphatic hydroxyl groups excluding tert-OH is 1. The number of ether oxygens (including phenoxy) is 1. The van der Waals surface area contributed by atoms with Gasteiger partial charge < -0.3 is 9.84 Å². The predicted molar refractivity (Wildman–Crippen MR) is 50.7 cm³/mol. The zero-order chi connectivity index (χ0) is 11.0. The lowest BCUT2D eigenvalue weighted by atomic mass is 9.92. The summed E-state index contributed by atoms with van der Waals surface area (Å²) >= 11 is 0. The fourth-order valence-electron chi connectivity index (χ4n) is 1.74. The smallest absolute Gasteiger partial charge is 0.165 e. The molecule has 0 spiro atoms. The van der Waals surface area contributed by atoms with Gasteiger partial charge in [-0.1, -0.05) is 0 Å². The van der Waals surface area contributed by atoms with Crippen molar-refractivity contribution in [2.75, 3.05) is 6.61 Å². The van der Waals surface area contributed by atoms with Gasteiger partial charge in [-0.05, 0) is 25.5 Å².